The third-order valence-corrected chi connectivity index (χ3v) is 3.60. The zero-order valence-corrected chi connectivity index (χ0v) is 10.6. The Morgan fingerprint density at radius 3 is 2.56 bits per heavy atom. The molecule has 0 aromatic heterocycles. The van der Waals surface area contributed by atoms with Crippen molar-refractivity contribution in [3.63, 3.8) is 0 Å². The van der Waals surface area contributed by atoms with Gasteiger partial charge in [0.1, 0.15) is 5.92 Å². The second-order valence-corrected chi connectivity index (χ2v) is 4.47. The lowest BCUT2D eigenvalue weighted by Gasteiger charge is -2.39. The van der Waals surface area contributed by atoms with Gasteiger partial charge in [0.05, 0.1) is 0 Å². The predicted octanol–water partition coefficient (Wildman–Crippen LogP) is 2.11. The van der Waals surface area contributed by atoms with Crippen LogP contribution in [0.4, 0.5) is 0 Å². The number of amides is 1. The van der Waals surface area contributed by atoms with Crippen LogP contribution in [0.25, 0.3) is 0 Å². The van der Waals surface area contributed by atoms with Crippen LogP contribution in [0.1, 0.15) is 42.1 Å². The first-order valence-electron chi connectivity index (χ1n) is 6.24. The van der Waals surface area contributed by atoms with E-state index in [4.69, 9.17) is 0 Å². The standard InChI is InChI=1S/C14H17NO3/c1-3-11-12(14(17)18)9-7-5-6-8-10(9)13(16)15(11)4-2/h5-8,11-12H,3-4H2,1-2H3,(H,17,18). The Morgan fingerprint density at radius 1 is 1.33 bits per heavy atom. The van der Waals surface area contributed by atoms with Gasteiger partial charge in [0, 0.05) is 18.2 Å². The summed E-state index contributed by atoms with van der Waals surface area (Å²) >= 11 is 0. The number of carboxylic acids is 1. The van der Waals surface area contributed by atoms with E-state index in [0.717, 1.165) is 0 Å². The first-order valence-corrected chi connectivity index (χ1v) is 6.24. The summed E-state index contributed by atoms with van der Waals surface area (Å²) in [7, 11) is 0. The molecule has 2 unspecified atom stereocenters. The molecule has 1 N–H and O–H groups in total. The van der Waals surface area contributed by atoms with E-state index in [1.165, 1.54) is 0 Å². The Hall–Kier alpha value is -1.84. The molecule has 0 bridgehead atoms. The Morgan fingerprint density at radius 2 is 2.00 bits per heavy atom. The lowest BCUT2D eigenvalue weighted by Crippen LogP contribution is -2.49. The first-order chi connectivity index (χ1) is 8.61. The zero-order chi connectivity index (χ0) is 13.3. The Kier molecular flexibility index (Phi) is 3.36. The van der Waals surface area contributed by atoms with Gasteiger partial charge in [0.25, 0.3) is 5.91 Å². The Labute approximate surface area is 106 Å². The van der Waals surface area contributed by atoms with Gasteiger partial charge in [-0.3, -0.25) is 9.59 Å². The number of fused-ring (bicyclic) bond motifs is 1. The molecule has 1 aliphatic heterocycles. The summed E-state index contributed by atoms with van der Waals surface area (Å²) in [6, 6.07) is 6.77. The largest absolute Gasteiger partial charge is 0.481 e. The molecular formula is C14H17NO3. The van der Waals surface area contributed by atoms with Crippen LogP contribution in [0.5, 0.6) is 0 Å². The molecule has 0 aliphatic carbocycles. The van der Waals surface area contributed by atoms with E-state index in [1.807, 2.05) is 13.8 Å². The van der Waals surface area contributed by atoms with Crippen molar-refractivity contribution in [2.24, 2.45) is 0 Å². The average Bonchev–Trinajstić information content (AvgIpc) is 2.38. The molecule has 1 aromatic rings. The first kappa shape index (κ1) is 12.6. The van der Waals surface area contributed by atoms with Crippen LogP contribution in [0, 0.1) is 0 Å². The number of carbonyl (C=O) groups excluding carboxylic acids is 1. The van der Waals surface area contributed by atoms with Gasteiger partial charge in [0.15, 0.2) is 0 Å². The summed E-state index contributed by atoms with van der Waals surface area (Å²) in [5, 5.41) is 9.45. The molecule has 18 heavy (non-hydrogen) atoms. The normalized spacial score (nSPS) is 22.8. The van der Waals surface area contributed by atoms with Crippen molar-refractivity contribution in [3.05, 3.63) is 35.4 Å². The number of hydrogen-bond acceptors (Lipinski definition) is 2. The number of hydrogen-bond donors (Lipinski definition) is 1. The number of benzene rings is 1. The second-order valence-electron chi connectivity index (χ2n) is 4.47. The molecule has 1 aliphatic rings. The predicted molar refractivity (Wildman–Crippen MR) is 67.6 cm³/mol. The molecule has 0 fully saturated rings. The summed E-state index contributed by atoms with van der Waals surface area (Å²) in [6.07, 6.45) is 0.644. The fraction of sp³-hybridized carbons (Fsp3) is 0.429. The van der Waals surface area contributed by atoms with Gasteiger partial charge >= 0.3 is 5.97 Å². The number of carboxylic acid groups (broad SMARTS) is 1. The minimum Gasteiger partial charge on any atom is -0.481 e. The summed E-state index contributed by atoms with van der Waals surface area (Å²) in [6.45, 7) is 4.34. The minimum atomic E-state index is -0.861. The van der Waals surface area contributed by atoms with E-state index in [9.17, 15) is 14.7 Å². The minimum absolute atomic E-state index is 0.0579. The summed E-state index contributed by atoms with van der Waals surface area (Å²) < 4.78 is 0. The third kappa shape index (κ3) is 1.78. The summed E-state index contributed by atoms with van der Waals surface area (Å²) in [5.41, 5.74) is 1.17. The molecule has 0 saturated carbocycles. The smallest absolute Gasteiger partial charge is 0.313 e. The van der Waals surface area contributed by atoms with Crippen molar-refractivity contribution in [3.8, 4) is 0 Å². The molecule has 0 radical (unpaired) electrons. The van der Waals surface area contributed by atoms with Gasteiger partial charge in [-0.05, 0) is 25.0 Å². The molecule has 2 rings (SSSR count). The molecule has 1 heterocycles. The van der Waals surface area contributed by atoms with Crippen molar-refractivity contribution in [1.82, 2.24) is 4.90 Å². The molecule has 1 aromatic carbocycles. The van der Waals surface area contributed by atoms with Gasteiger partial charge in [-0.1, -0.05) is 25.1 Å². The molecule has 4 nitrogen and oxygen atoms in total. The van der Waals surface area contributed by atoms with E-state index in [0.29, 0.717) is 24.1 Å². The molecule has 4 heteroatoms. The highest BCUT2D eigenvalue weighted by molar-refractivity contribution is 6.00. The van der Waals surface area contributed by atoms with Crippen LogP contribution in [0.15, 0.2) is 24.3 Å². The van der Waals surface area contributed by atoms with Crippen LogP contribution >= 0.6 is 0 Å². The van der Waals surface area contributed by atoms with Crippen molar-refractivity contribution in [2.75, 3.05) is 6.54 Å². The molecule has 1 amide bonds. The third-order valence-electron chi connectivity index (χ3n) is 3.60. The number of rotatable bonds is 3. The van der Waals surface area contributed by atoms with Crippen molar-refractivity contribution in [2.45, 2.75) is 32.2 Å². The zero-order valence-electron chi connectivity index (χ0n) is 10.6. The van der Waals surface area contributed by atoms with E-state index < -0.39 is 11.9 Å². The summed E-state index contributed by atoms with van der Waals surface area (Å²) in [4.78, 5) is 25.5. The lowest BCUT2D eigenvalue weighted by molar-refractivity contribution is -0.140. The maximum Gasteiger partial charge on any atom is 0.313 e. The van der Waals surface area contributed by atoms with E-state index in [1.54, 1.807) is 29.2 Å². The van der Waals surface area contributed by atoms with Crippen LogP contribution in [-0.2, 0) is 4.79 Å². The van der Waals surface area contributed by atoms with Crippen LogP contribution in [-0.4, -0.2) is 34.5 Å². The molecule has 0 spiro atoms. The Bertz CT molecular complexity index is 484. The maximum absolute atomic E-state index is 12.3. The molecule has 2 atom stereocenters. The summed E-state index contributed by atoms with van der Waals surface area (Å²) in [5.74, 6) is -1.54. The van der Waals surface area contributed by atoms with Gasteiger partial charge in [-0.2, -0.15) is 0 Å². The highest BCUT2D eigenvalue weighted by Crippen LogP contribution is 2.34. The Balaban J connectivity index is 2.60. The number of nitrogens with zero attached hydrogens (tertiary/aromatic N) is 1. The van der Waals surface area contributed by atoms with Crippen LogP contribution < -0.4 is 0 Å². The highest BCUT2D eigenvalue weighted by atomic mass is 16.4. The van der Waals surface area contributed by atoms with Crippen molar-refractivity contribution in [1.29, 1.82) is 0 Å². The van der Waals surface area contributed by atoms with E-state index in [-0.39, 0.29) is 11.9 Å². The van der Waals surface area contributed by atoms with E-state index >= 15 is 0 Å². The number of aliphatic carboxylic acids is 1. The maximum atomic E-state index is 12.3. The van der Waals surface area contributed by atoms with Crippen molar-refractivity contribution < 1.29 is 14.7 Å². The molecule has 96 valence electrons. The fourth-order valence-corrected chi connectivity index (χ4v) is 2.79. The van der Waals surface area contributed by atoms with Crippen molar-refractivity contribution >= 4 is 11.9 Å². The molecular weight excluding hydrogens is 230 g/mol. The van der Waals surface area contributed by atoms with Crippen LogP contribution in [0.3, 0.4) is 0 Å². The second kappa shape index (κ2) is 4.80. The van der Waals surface area contributed by atoms with Gasteiger partial charge in [-0.15, -0.1) is 0 Å². The number of carbonyl (C=O) groups is 2. The monoisotopic (exact) mass is 247 g/mol. The fourth-order valence-electron chi connectivity index (χ4n) is 2.79. The van der Waals surface area contributed by atoms with E-state index in [2.05, 4.69) is 0 Å². The quantitative estimate of drug-likeness (QED) is 0.890. The van der Waals surface area contributed by atoms with Gasteiger partial charge < -0.3 is 10.0 Å². The topological polar surface area (TPSA) is 57.6 Å². The SMILES string of the molecule is CCC1C(C(=O)O)c2ccccc2C(=O)N1CC. The lowest BCUT2D eigenvalue weighted by atomic mass is 9.82. The number of likely N-dealkylation sites (N-methyl/N-ethyl adjacent to an activating group) is 1. The van der Waals surface area contributed by atoms with Gasteiger partial charge in [0.2, 0.25) is 0 Å². The average molecular weight is 247 g/mol. The van der Waals surface area contributed by atoms with Gasteiger partial charge in [-0.25, -0.2) is 0 Å². The molecule has 0 saturated heterocycles. The highest BCUT2D eigenvalue weighted by Gasteiger charge is 2.41. The van der Waals surface area contributed by atoms with Crippen LogP contribution in [0.2, 0.25) is 0 Å².